The van der Waals surface area contributed by atoms with E-state index in [0.717, 1.165) is 25.9 Å². The van der Waals surface area contributed by atoms with Crippen LogP contribution in [-0.4, -0.2) is 23.4 Å². The van der Waals surface area contributed by atoms with Gasteiger partial charge >= 0.3 is 0 Å². The van der Waals surface area contributed by atoms with Gasteiger partial charge in [-0.3, -0.25) is 4.79 Å². The highest BCUT2D eigenvalue weighted by atomic mass is 32.1. The predicted octanol–water partition coefficient (Wildman–Crippen LogP) is 1.76. The summed E-state index contributed by atoms with van der Waals surface area (Å²) in [6.45, 7) is 3.64. The van der Waals surface area contributed by atoms with Crippen LogP contribution in [0.5, 0.6) is 0 Å². The zero-order valence-corrected chi connectivity index (χ0v) is 10.4. The van der Waals surface area contributed by atoms with Gasteiger partial charge in [0.1, 0.15) is 0 Å². The van der Waals surface area contributed by atoms with Crippen molar-refractivity contribution >= 4 is 17.2 Å². The van der Waals surface area contributed by atoms with Crippen molar-refractivity contribution in [1.82, 2.24) is 4.90 Å². The summed E-state index contributed by atoms with van der Waals surface area (Å²) in [6.07, 6.45) is 2.35. The summed E-state index contributed by atoms with van der Waals surface area (Å²) in [6, 6.07) is 2.13. The van der Waals surface area contributed by atoms with Crippen molar-refractivity contribution in [1.29, 1.82) is 0 Å². The van der Waals surface area contributed by atoms with Gasteiger partial charge in [-0.2, -0.15) is 0 Å². The van der Waals surface area contributed by atoms with Crippen molar-refractivity contribution in [3.05, 3.63) is 21.9 Å². The monoisotopic (exact) mass is 238 g/mol. The minimum atomic E-state index is 0.0105. The number of fused-ring (bicyclic) bond motifs is 1. The normalized spacial score (nSPS) is 17.0. The number of carbonyl (C=O) groups excluding carboxylic acids is 1. The molecule has 1 aromatic heterocycles. The number of nitrogens with zero attached hydrogens (tertiary/aromatic N) is 1. The quantitative estimate of drug-likeness (QED) is 0.872. The van der Waals surface area contributed by atoms with Crippen LogP contribution in [0.25, 0.3) is 0 Å². The molecule has 0 spiro atoms. The van der Waals surface area contributed by atoms with Crippen LogP contribution >= 0.6 is 11.3 Å². The molecule has 1 amide bonds. The Kier molecular flexibility index (Phi) is 3.61. The molecule has 0 bridgehead atoms. The lowest BCUT2D eigenvalue weighted by Gasteiger charge is -2.27. The molecule has 88 valence electrons. The van der Waals surface area contributed by atoms with E-state index < -0.39 is 0 Å². The fourth-order valence-corrected chi connectivity index (χ4v) is 2.85. The first-order valence-electron chi connectivity index (χ1n) is 5.79. The van der Waals surface area contributed by atoms with E-state index in [1.54, 1.807) is 11.3 Å². The number of thiophene rings is 1. The lowest BCUT2D eigenvalue weighted by atomic mass is 10.1. The Morgan fingerprint density at radius 2 is 2.50 bits per heavy atom. The molecule has 1 atom stereocenters. The van der Waals surface area contributed by atoms with Crippen LogP contribution in [0.3, 0.4) is 0 Å². The van der Waals surface area contributed by atoms with Gasteiger partial charge in [-0.15, -0.1) is 11.3 Å². The van der Waals surface area contributed by atoms with Gasteiger partial charge in [0.25, 0.3) is 0 Å². The molecule has 3 nitrogen and oxygen atoms in total. The minimum Gasteiger partial charge on any atom is -0.338 e. The Hall–Kier alpha value is -0.870. The molecule has 1 aliphatic heterocycles. The molecule has 0 fully saturated rings. The fourth-order valence-electron chi connectivity index (χ4n) is 1.96. The molecule has 0 aliphatic carbocycles. The van der Waals surface area contributed by atoms with Gasteiger partial charge in [-0.25, -0.2) is 0 Å². The largest absolute Gasteiger partial charge is 0.338 e. The third-order valence-corrected chi connectivity index (χ3v) is 4.14. The van der Waals surface area contributed by atoms with Crippen LogP contribution in [0.2, 0.25) is 0 Å². The van der Waals surface area contributed by atoms with Gasteiger partial charge in [0.15, 0.2) is 0 Å². The van der Waals surface area contributed by atoms with Crippen molar-refractivity contribution in [2.24, 2.45) is 5.73 Å². The topological polar surface area (TPSA) is 46.3 Å². The summed E-state index contributed by atoms with van der Waals surface area (Å²) in [5.74, 6) is 0.200. The molecule has 1 aliphatic rings. The summed E-state index contributed by atoms with van der Waals surface area (Å²) < 4.78 is 0. The van der Waals surface area contributed by atoms with Crippen LogP contribution in [0.1, 0.15) is 30.2 Å². The Bertz CT molecular complexity index is 375. The predicted molar refractivity (Wildman–Crippen MR) is 66.3 cm³/mol. The second-order valence-electron chi connectivity index (χ2n) is 4.31. The fraction of sp³-hybridized carbons (Fsp3) is 0.583. The summed E-state index contributed by atoms with van der Waals surface area (Å²) in [4.78, 5) is 15.3. The highest BCUT2D eigenvalue weighted by Gasteiger charge is 2.22. The third kappa shape index (κ3) is 2.44. The summed E-state index contributed by atoms with van der Waals surface area (Å²) in [5, 5.41) is 2.11. The summed E-state index contributed by atoms with van der Waals surface area (Å²) in [5.41, 5.74) is 7.12. The van der Waals surface area contributed by atoms with E-state index in [1.807, 2.05) is 11.8 Å². The number of hydrogen-bond acceptors (Lipinski definition) is 3. The Morgan fingerprint density at radius 3 is 3.25 bits per heavy atom. The van der Waals surface area contributed by atoms with E-state index in [2.05, 4.69) is 11.4 Å². The Balaban J connectivity index is 1.95. The maximum Gasteiger partial charge on any atom is 0.224 e. The van der Waals surface area contributed by atoms with Crippen LogP contribution in [0, 0.1) is 0 Å². The van der Waals surface area contributed by atoms with Crippen molar-refractivity contribution in [2.45, 2.75) is 38.8 Å². The molecule has 0 saturated carbocycles. The van der Waals surface area contributed by atoms with Crippen molar-refractivity contribution in [3.63, 3.8) is 0 Å². The number of hydrogen-bond donors (Lipinski definition) is 1. The van der Waals surface area contributed by atoms with E-state index in [0.29, 0.717) is 6.42 Å². The maximum atomic E-state index is 11.9. The zero-order valence-electron chi connectivity index (χ0n) is 9.61. The molecule has 4 heteroatoms. The summed E-state index contributed by atoms with van der Waals surface area (Å²) in [7, 11) is 0. The van der Waals surface area contributed by atoms with Gasteiger partial charge in [0.05, 0.1) is 0 Å². The molecule has 0 aromatic carbocycles. The van der Waals surface area contributed by atoms with Crippen LogP contribution in [-0.2, 0) is 17.8 Å². The molecular formula is C12H18N2OS. The van der Waals surface area contributed by atoms with Gasteiger partial charge < -0.3 is 10.6 Å². The molecule has 1 aromatic rings. The SMILES string of the molecule is CCC(N)CC(=O)N1CCc2sccc2C1. The minimum absolute atomic E-state index is 0.0105. The maximum absolute atomic E-state index is 11.9. The van der Waals surface area contributed by atoms with Crippen molar-refractivity contribution in [3.8, 4) is 0 Å². The van der Waals surface area contributed by atoms with E-state index >= 15 is 0 Å². The van der Waals surface area contributed by atoms with E-state index in [1.165, 1.54) is 10.4 Å². The number of amides is 1. The smallest absolute Gasteiger partial charge is 0.224 e. The summed E-state index contributed by atoms with van der Waals surface area (Å²) >= 11 is 1.79. The first-order valence-corrected chi connectivity index (χ1v) is 6.67. The van der Waals surface area contributed by atoms with Gasteiger partial charge in [-0.05, 0) is 29.9 Å². The molecule has 2 heterocycles. The second-order valence-corrected chi connectivity index (χ2v) is 5.31. The van der Waals surface area contributed by atoms with Gasteiger partial charge in [0.2, 0.25) is 5.91 Å². The lowest BCUT2D eigenvalue weighted by Crippen LogP contribution is -2.38. The molecule has 16 heavy (non-hydrogen) atoms. The van der Waals surface area contributed by atoms with E-state index in [-0.39, 0.29) is 11.9 Å². The number of carbonyl (C=O) groups is 1. The molecular weight excluding hydrogens is 220 g/mol. The second kappa shape index (κ2) is 4.97. The van der Waals surface area contributed by atoms with E-state index in [4.69, 9.17) is 5.73 Å². The Morgan fingerprint density at radius 1 is 1.69 bits per heavy atom. The van der Waals surface area contributed by atoms with Crippen molar-refractivity contribution in [2.75, 3.05) is 6.54 Å². The Labute approximate surface area is 100 Å². The number of rotatable bonds is 3. The molecule has 0 radical (unpaired) electrons. The van der Waals surface area contributed by atoms with Crippen LogP contribution in [0.4, 0.5) is 0 Å². The lowest BCUT2D eigenvalue weighted by molar-refractivity contribution is -0.132. The van der Waals surface area contributed by atoms with Crippen LogP contribution < -0.4 is 5.73 Å². The van der Waals surface area contributed by atoms with Gasteiger partial charge in [-0.1, -0.05) is 6.92 Å². The van der Waals surface area contributed by atoms with Crippen molar-refractivity contribution < 1.29 is 4.79 Å². The average Bonchev–Trinajstić information content (AvgIpc) is 2.75. The average molecular weight is 238 g/mol. The molecule has 2 rings (SSSR count). The number of nitrogens with two attached hydrogens (primary N) is 1. The van der Waals surface area contributed by atoms with Crippen LogP contribution in [0.15, 0.2) is 11.4 Å². The van der Waals surface area contributed by atoms with E-state index in [9.17, 15) is 4.79 Å². The zero-order chi connectivity index (χ0) is 11.5. The molecule has 0 saturated heterocycles. The molecule has 2 N–H and O–H groups in total. The third-order valence-electron chi connectivity index (χ3n) is 3.12. The molecule has 1 unspecified atom stereocenters. The highest BCUT2D eigenvalue weighted by molar-refractivity contribution is 7.10. The first-order chi connectivity index (χ1) is 7.70. The first kappa shape index (κ1) is 11.6. The standard InChI is InChI=1S/C12H18N2OS/c1-2-10(13)7-12(15)14-5-3-11-9(8-14)4-6-16-11/h4,6,10H,2-3,5,7-8,13H2,1H3. The highest BCUT2D eigenvalue weighted by Crippen LogP contribution is 2.24. The van der Waals surface area contributed by atoms with Gasteiger partial charge in [0, 0.05) is 30.4 Å².